The van der Waals surface area contributed by atoms with E-state index in [1.54, 1.807) is 0 Å². The largest absolute Gasteiger partial charge is 0.0929 e. The fourth-order valence-corrected chi connectivity index (χ4v) is 7.72. The average Bonchev–Trinajstić information content (AvgIpc) is 2.87. The van der Waals surface area contributed by atoms with Crippen molar-refractivity contribution in [3.05, 3.63) is 108 Å². The summed E-state index contributed by atoms with van der Waals surface area (Å²) in [6, 6.07) is 34.3. The van der Waals surface area contributed by atoms with E-state index < -0.39 is 0 Å². The van der Waals surface area contributed by atoms with Gasteiger partial charge in [-0.3, -0.25) is 0 Å². The van der Waals surface area contributed by atoms with Crippen molar-refractivity contribution in [1.29, 1.82) is 0 Å². The Labute approximate surface area is 213 Å². The maximum absolute atomic E-state index is 2.46. The molecule has 0 N–H and O–H groups in total. The number of aryl methyl sites for hydroxylation is 2. The molecule has 35 heavy (non-hydrogen) atoms. The van der Waals surface area contributed by atoms with Crippen LogP contribution in [0, 0.1) is 13.8 Å². The molecule has 5 rings (SSSR count). The summed E-state index contributed by atoms with van der Waals surface area (Å²) in [4.78, 5) is 0. The molecule has 0 fully saturated rings. The molecular formula is C33H34P2. The van der Waals surface area contributed by atoms with Crippen molar-refractivity contribution < 1.29 is 0 Å². The summed E-state index contributed by atoms with van der Waals surface area (Å²) in [5.41, 5.74) is 7.04. The van der Waals surface area contributed by atoms with E-state index in [1.165, 1.54) is 60.0 Å². The fourth-order valence-electron chi connectivity index (χ4n) is 5.35. The van der Waals surface area contributed by atoms with E-state index in [4.69, 9.17) is 0 Å². The molecule has 0 spiro atoms. The van der Waals surface area contributed by atoms with Crippen LogP contribution in [0.25, 0.3) is 32.7 Å². The molecule has 2 heteroatoms. The van der Waals surface area contributed by atoms with E-state index in [9.17, 15) is 0 Å². The normalized spacial score (nSPS) is 14.0. The molecule has 5 aromatic rings. The van der Waals surface area contributed by atoms with Gasteiger partial charge < -0.3 is 0 Å². The van der Waals surface area contributed by atoms with E-state index >= 15 is 0 Å². The van der Waals surface area contributed by atoms with Crippen LogP contribution in [0.5, 0.6) is 0 Å². The lowest BCUT2D eigenvalue weighted by atomic mass is 9.93. The minimum absolute atomic E-state index is 0.0905. The van der Waals surface area contributed by atoms with Gasteiger partial charge in [0.25, 0.3) is 0 Å². The maximum atomic E-state index is 2.46. The lowest BCUT2D eigenvalue weighted by molar-refractivity contribution is 0.659. The first-order valence-electron chi connectivity index (χ1n) is 12.5. The summed E-state index contributed by atoms with van der Waals surface area (Å²) in [6.45, 7) is 11.6. The number of benzene rings is 5. The molecule has 3 atom stereocenters. The highest BCUT2D eigenvalue weighted by molar-refractivity contribution is 7.49. The molecule has 0 saturated heterocycles. The molecule has 0 aromatic heterocycles. The third-order valence-electron chi connectivity index (χ3n) is 7.35. The predicted octanol–water partition coefficient (Wildman–Crippen LogP) is 8.84. The van der Waals surface area contributed by atoms with Gasteiger partial charge in [0.15, 0.2) is 0 Å². The highest BCUT2D eigenvalue weighted by Gasteiger charge is 2.28. The van der Waals surface area contributed by atoms with Crippen LogP contribution in [-0.4, -0.2) is 6.66 Å². The van der Waals surface area contributed by atoms with Crippen molar-refractivity contribution >= 4 is 49.3 Å². The van der Waals surface area contributed by atoms with Crippen LogP contribution in [0.2, 0.25) is 0 Å². The van der Waals surface area contributed by atoms with Crippen LogP contribution in [0.1, 0.15) is 37.0 Å². The molecule has 0 saturated carbocycles. The SMILES string of the molecule is CCC(C)(Pc1ccc2ccccc2c1-c1c(PC)ccc2ccccc12)c1cc(C)cc(C)c1. The number of rotatable bonds is 6. The van der Waals surface area contributed by atoms with Gasteiger partial charge in [-0.2, -0.15) is 0 Å². The Kier molecular flexibility index (Phi) is 6.81. The Hall–Kier alpha value is -2.52. The first kappa shape index (κ1) is 24.2. The molecule has 0 bridgehead atoms. The van der Waals surface area contributed by atoms with Crippen LogP contribution in [-0.2, 0) is 5.16 Å². The van der Waals surface area contributed by atoms with Gasteiger partial charge in [0, 0.05) is 5.16 Å². The third-order valence-corrected chi connectivity index (χ3v) is 10.2. The molecule has 176 valence electrons. The molecular weight excluding hydrogens is 458 g/mol. The van der Waals surface area contributed by atoms with Crippen LogP contribution in [0.15, 0.2) is 91.0 Å². The zero-order valence-corrected chi connectivity index (χ0v) is 23.4. The summed E-state index contributed by atoms with van der Waals surface area (Å²) in [7, 11) is 1.42. The summed E-state index contributed by atoms with van der Waals surface area (Å²) >= 11 is 0. The van der Waals surface area contributed by atoms with Gasteiger partial charge in [-0.05, 0) is 75.8 Å². The minimum atomic E-state index is 0.0905. The zero-order chi connectivity index (χ0) is 24.6. The van der Waals surface area contributed by atoms with Crippen molar-refractivity contribution in [1.82, 2.24) is 0 Å². The summed E-state index contributed by atoms with van der Waals surface area (Å²) in [6.07, 6.45) is 1.11. The van der Waals surface area contributed by atoms with Crippen molar-refractivity contribution in [2.24, 2.45) is 0 Å². The monoisotopic (exact) mass is 492 g/mol. The van der Waals surface area contributed by atoms with Gasteiger partial charge in [-0.25, -0.2) is 0 Å². The Morgan fingerprint density at radius 1 is 0.657 bits per heavy atom. The highest BCUT2D eigenvalue weighted by atomic mass is 31.1. The topological polar surface area (TPSA) is 0 Å². The van der Waals surface area contributed by atoms with E-state index in [0.717, 1.165) is 15.0 Å². The molecule has 0 radical (unpaired) electrons. The van der Waals surface area contributed by atoms with Crippen molar-refractivity contribution in [2.45, 2.75) is 39.3 Å². The second kappa shape index (κ2) is 9.85. The summed E-state index contributed by atoms with van der Waals surface area (Å²) in [5, 5.41) is 8.39. The standard InChI is InChI=1S/C33H34P2/c1-6-33(4,26-20-22(2)19-23(3)21-26)35-30-18-16-25-12-8-10-14-28(25)32(30)31-27-13-9-7-11-24(27)15-17-29(31)34-5/h7-21,34-35H,6H2,1-5H3. The molecule has 0 aliphatic heterocycles. The van der Waals surface area contributed by atoms with E-state index in [1.807, 2.05) is 0 Å². The van der Waals surface area contributed by atoms with Crippen LogP contribution < -0.4 is 10.6 Å². The molecule has 0 heterocycles. The zero-order valence-electron chi connectivity index (χ0n) is 21.4. The Balaban J connectivity index is 1.81. The molecule has 3 unspecified atom stereocenters. The second-order valence-corrected chi connectivity index (χ2v) is 12.8. The minimum Gasteiger partial charge on any atom is -0.0929 e. The lowest BCUT2D eigenvalue weighted by Crippen LogP contribution is -2.20. The first-order chi connectivity index (χ1) is 16.9. The van der Waals surface area contributed by atoms with Crippen LogP contribution >= 0.6 is 17.2 Å². The molecule has 0 nitrogen and oxygen atoms in total. The maximum Gasteiger partial charge on any atom is 0.0137 e. The van der Waals surface area contributed by atoms with E-state index in [2.05, 4.69) is 125 Å². The second-order valence-electron chi connectivity index (χ2n) is 9.86. The van der Waals surface area contributed by atoms with E-state index in [0.29, 0.717) is 8.58 Å². The van der Waals surface area contributed by atoms with Gasteiger partial charge in [-0.1, -0.05) is 133 Å². The van der Waals surface area contributed by atoms with Crippen molar-refractivity contribution in [2.75, 3.05) is 6.66 Å². The van der Waals surface area contributed by atoms with Crippen molar-refractivity contribution in [3.63, 3.8) is 0 Å². The van der Waals surface area contributed by atoms with Gasteiger partial charge in [0.1, 0.15) is 0 Å². The quantitative estimate of drug-likeness (QED) is 0.208. The fraction of sp³-hybridized carbons (Fsp3) is 0.212. The van der Waals surface area contributed by atoms with E-state index in [-0.39, 0.29) is 5.16 Å². The van der Waals surface area contributed by atoms with Crippen molar-refractivity contribution in [3.8, 4) is 11.1 Å². The Morgan fingerprint density at radius 2 is 1.17 bits per heavy atom. The average molecular weight is 493 g/mol. The number of fused-ring (bicyclic) bond motifs is 2. The molecule has 0 aliphatic rings. The summed E-state index contributed by atoms with van der Waals surface area (Å²) < 4.78 is 0. The number of hydrogen-bond donors (Lipinski definition) is 0. The Bertz CT molecular complexity index is 1510. The van der Waals surface area contributed by atoms with Gasteiger partial charge in [0.05, 0.1) is 0 Å². The number of hydrogen-bond acceptors (Lipinski definition) is 0. The third kappa shape index (κ3) is 4.56. The Morgan fingerprint density at radius 3 is 1.71 bits per heavy atom. The van der Waals surface area contributed by atoms with Gasteiger partial charge >= 0.3 is 0 Å². The highest BCUT2D eigenvalue weighted by Crippen LogP contribution is 2.47. The van der Waals surface area contributed by atoms with Gasteiger partial charge in [-0.15, -0.1) is 0 Å². The van der Waals surface area contributed by atoms with Crippen LogP contribution in [0.4, 0.5) is 0 Å². The smallest absolute Gasteiger partial charge is 0.0137 e. The van der Waals surface area contributed by atoms with Gasteiger partial charge in [0.2, 0.25) is 0 Å². The summed E-state index contributed by atoms with van der Waals surface area (Å²) in [5.74, 6) is 0. The van der Waals surface area contributed by atoms with Crippen LogP contribution in [0.3, 0.4) is 0 Å². The molecule has 0 aliphatic carbocycles. The first-order valence-corrected chi connectivity index (χ1v) is 15.0. The molecule has 5 aromatic carbocycles. The molecule has 0 amide bonds. The predicted molar refractivity (Wildman–Crippen MR) is 162 cm³/mol. The lowest BCUT2D eigenvalue weighted by Gasteiger charge is -2.32.